The lowest BCUT2D eigenvalue weighted by Gasteiger charge is -2.12. The number of aryl methyl sites for hydroxylation is 2. The highest BCUT2D eigenvalue weighted by Gasteiger charge is 2.10. The fourth-order valence-electron chi connectivity index (χ4n) is 2.61. The molecule has 1 atom stereocenters. The molecule has 28 heavy (non-hydrogen) atoms. The van der Waals surface area contributed by atoms with Crippen LogP contribution in [-0.4, -0.2) is 23.4 Å². The number of guanidine groups is 1. The summed E-state index contributed by atoms with van der Waals surface area (Å²) in [6.07, 6.45) is 0.826. The summed E-state index contributed by atoms with van der Waals surface area (Å²) in [4.78, 5) is 22.4. The molecule has 6 nitrogen and oxygen atoms in total. The number of benzene rings is 1. The predicted octanol–water partition coefficient (Wildman–Crippen LogP) is 4.00. The molecule has 0 saturated carbocycles. The smallest absolute Gasteiger partial charge is 0.227 e. The average molecular weight is 402 g/mol. The maximum Gasteiger partial charge on any atom is 0.227 e. The summed E-state index contributed by atoms with van der Waals surface area (Å²) < 4.78 is 0. The Morgan fingerprint density at radius 3 is 2.68 bits per heavy atom. The Labute approximate surface area is 171 Å². The summed E-state index contributed by atoms with van der Waals surface area (Å²) in [6, 6.07) is 7.85. The molecule has 0 radical (unpaired) electrons. The van der Waals surface area contributed by atoms with Gasteiger partial charge in [-0.3, -0.25) is 4.79 Å². The first-order valence-corrected chi connectivity index (χ1v) is 10.6. The second-order valence-corrected chi connectivity index (χ2v) is 8.08. The second-order valence-electron chi connectivity index (χ2n) is 6.79. The zero-order chi connectivity index (χ0) is 20.5. The number of hydrogen-bond acceptors (Lipinski definition) is 4. The lowest BCUT2D eigenvalue weighted by Crippen LogP contribution is -2.36. The zero-order valence-electron chi connectivity index (χ0n) is 17.4. The van der Waals surface area contributed by atoms with Gasteiger partial charge < -0.3 is 16.0 Å². The molecule has 1 aromatic carbocycles. The molecule has 2 aromatic rings. The van der Waals surface area contributed by atoms with Crippen LogP contribution in [0.5, 0.6) is 0 Å². The van der Waals surface area contributed by atoms with Crippen LogP contribution in [0.15, 0.2) is 29.3 Å². The lowest BCUT2D eigenvalue weighted by atomic mass is 10.1. The zero-order valence-corrected chi connectivity index (χ0v) is 18.2. The van der Waals surface area contributed by atoms with Crippen molar-refractivity contribution in [2.75, 3.05) is 11.9 Å². The highest BCUT2D eigenvalue weighted by Crippen LogP contribution is 2.17. The number of nitrogens with one attached hydrogen (secondary N) is 3. The van der Waals surface area contributed by atoms with Crippen molar-refractivity contribution in [3.8, 4) is 0 Å². The molecule has 0 fully saturated rings. The number of nitrogens with zero attached hydrogens (tertiary/aromatic N) is 2. The van der Waals surface area contributed by atoms with E-state index in [-0.39, 0.29) is 11.8 Å². The summed E-state index contributed by atoms with van der Waals surface area (Å²) in [5.74, 6) is 0.820. The van der Waals surface area contributed by atoms with E-state index in [4.69, 9.17) is 0 Å². The molecular weight excluding hydrogens is 370 g/mol. The Bertz CT molecular complexity index is 815. The van der Waals surface area contributed by atoms with Gasteiger partial charge in [0.05, 0.1) is 23.8 Å². The van der Waals surface area contributed by atoms with Crippen molar-refractivity contribution in [1.82, 2.24) is 15.6 Å². The minimum Gasteiger partial charge on any atom is -0.357 e. The van der Waals surface area contributed by atoms with E-state index in [0.717, 1.165) is 40.9 Å². The quantitative estimate of drug-likeness (QED) is 0.461. The number of carbonyl (C=O) groups excluding carboxylic acids is 1. The summed E-state index contributed by atoms with van der Waals surface area (Å²) in [6.45, 7) is 12.1. The van der Waals surface area contributed by atoms with E-state index in [9.17, 15) is 4.79 Å². The minimum absolute atomic E-state index is 0.00469. The van der Waals surface area contributed by atoms with E-state index >= 15 is 0 Å². The Morgan fingerprint density at radius 2 is 2.04 bits per heavy atom. The normalized spacial score (nSPS) is 12.5. The Kier molecular flexibility index (Phi) is 8.44. The number of carbonyl (C=O) groups is 1. The van der Waals surface area contributed by atoms with Crippen LogP contribution in [0, 0.1) is 19.8 Å². The summed E-state index contributed by atoms with van der Waals surface area (Å²) in [7, 11) is 0. The van der Waals surface area contributed by atoms with Crippen molar-refractivity contribution < 1.29 is 4.79 Å². The second kappa shape index (κ2) is 10.8. The topological polar surface area (TPSA) is 78.4 Å². The van der Waals surface area contributed by atoms with Gasteiger partial charge in [0.2, 0.25) is 5.91 Å². The highest BCUT2D eigenvalue weighted by molar-refractivity contribution is 7.11. The summed E-state index contributed by atoms with van der Waals surface area (Å²) in [5, 5.41) is 10.7. The molecule has 0 saturated heterocycles. The maximum absolute atomic E-state index is 12.1. The third-order valence-corrected chi connectivity index (χ3v) is 5.51. The van der Waals surface area contributed by atoms with Gasteiger partial charge in [0.1, 0.15) is 0 Å². The molecule has 7 heteroatoms. The molecule has 1 unspecified atom stereocenters. The molecule has 1 aromatic heterocycles. The number of amides is 1. The van der Waals surface area contributed by atoms with Gasteiger partial charge in [-0.15, -0.1) is 11.3 Å². The molecule has 152 valence electrons. The molecule has 1 amide bonds. The third kappa shape index (κ3) is 6.64. The molecule has 0 aliphatic rings. The molecule has 0 spiro atoms. The maximum atomic E-state index is 12.1. The van der Waals surface area contributed by atoms with Crippen LogP contribution in [-0.2, 0) is 17.9 Å². The number of aromatic nitrogens is 1. The first-order valence-electron chi connectivity index (χ1n) is 9.77. The lowest BCUT2D eigenvalue weighted by molar-refractivity contribution is -0.119. The van der Waals surface area contributed by atoms with Gasteiger partial charge >= 0.3 is 0 Å². The monoisotopic (exact) mass is 401 g/mol. The Hall–Kier alpha value is -2.41. The standard InChI is InChI=1S/C21H31N5OS/c1-6-14(3)20(27)26-18-10-8-9-17(11-18)12-23-21(22-7-2)24-13-19-15(4)25-16(5)28-19/h8-11,14H,6-7,12-13H2,1-5H3,(H,26,27)(H2,22,23,24). The first kappa shape index (κ1) is 21.9. The largest absolute Gasteiger partial charge is 0.357 e. The molecule has 3 N–H and O–H groups in total. The van der Waals surface area contributed by atoms with Crippen LogP contribution in [0.2, 0.25) is 0 Å². The Balaban J connectivity index is 2.00. The van der Waals surface area contributed by atoms with Gasteiger partial charge in [-0.05, 0) is 44.9 Å². The number of thiazole rings is 1. The number of aliphatic imine (C=N–C) groups is 1. The molecule has 0 aliphatic heterocycles. The van der Waals surface area contributed by atoms with Gasteiger partial charge in [-0.25, -0.2) is 9.98 Å². The van der Waals surface area contributed by atoms with Gasteiger partial charge in [0.15, 0.2) is 5.96 Å². The molecular formula is C21H31N5OS. The van der Waals surface area contributed by atoms with Gasteiger partial charge in [0, 0.05) is 23.0 Å². The van der Waals surface area contributed by atoms with E-state index in [2.05, 4.69) is 25.9 Å². The fourth-order valence-corrected chi connectivity index (χ4v) is 3.49. The molecule has 0 aliphatic carbocycles. The van der Waals surface area contributed by atoms with Crippen LogP contribution in [0.3, 0.4) is 0 Å². The summed E-state index contributed by atoms with van der Waals surface area (Å²) >= 11 is 1.70. The van der Waals surface area contributed by atoms with Crippen LogP contribution < -0.4 is 16.0 Å². The number of anilines is 1. The van der Waals surface area contributed by atoms with Crippen molar-refractivity contribution >= 4 is 28.9 Å². The third-order valence-electron chi connectivity index (χ3n) is 4.43. The number of hydrogen-bond donors (Lipinski definition) is 3. The van der Waals surface area contributed by atoms with Crippen LogP contribution in [0.4, 0.5) is 5.69 Å². The van der Waals surface area contributed by atoms with Gasteiger partial charge in [-0.1, -0.05) is 26.0 Å². The highest BCUT2D eigenvalue weighted by atomic mass is 32.1. The summed E-state index contributed by atoms with van der Waals surface area (Å²) in [5.41, 5.74) is 2.92. The van der Waals surface area contributed by atoms with Crippen molar-refractivity contribution in [3.63, 3.8) is 0 Å². The van der Waals surface area contributed by atoms with E-state index in [1.54, 1.807) is 11.3 Å². The van der Waals surface area contributed by atoms with E-state index < -0.39 is 0 Å². The van der Waals surface area contributed by atoms with Gasteiger partial charge in [0.25, 0.3) is 0 Å². The SMILES string of the molecule is CCNC(=NCc1cccc(NC(=O)C(C)CC)c1)NCc1sc(C)nc1C. The predicted molar refractivity (Wildman–Crippen MR) is 118 cm³/mol. The average Bonchev–Trinajstić information content (AvgIpc) is 3.00. The Morgan fingerprint density at radius 1 is 1.25 bits per heavy atom. The van der Waals surface area contributed by atoms with Gasteiger partial charge in [-0.2, -0.15) is 0 Å². The van der Waals surface area contributed by atoms with Crippen molar-refractivity contribution in [2.45, 2.75) is 54.1 Å². The van der Waals surface area contributed by atoms with Crippen LogP contribution >= 0.6 is 11.3 Å². The van der Waals surface area contributed by atoms with E-state index in [1.807, 2.05) is 58.9 Å². The van der Waals surface area contributed by atoms with Crippen molar-refractivity contribution in [3.05, 3.63) is 45.4 Å². The molecule has 0 bridgehead atoms. The molecule has 2 rings (SSSR count). The van der Waals surface area contributed by atoms with E-state index in [1.165, 1.54) is 4.88 Å². The number of rotatable bonds is 8. The molecule has 1 heterocycles. The minimum atomic E-state index is 0.00469. The van der Waals surface area contributed by atoms with Crippen LogP contribution in [0.25, 0.3) is 0 Å². The fraction of sp³-hybridized carbons (Fsp3) is 0.476. The van der Waals surface area contributed by atoms with E-state index in [0.29, 0.717) is 13.1 Å². The first-order chi connectivity index (χ1) is 13.4. The van der Waals surface area contributed by atoms with Crippen molar-refractivity contribution in [2.24, 2.45) is 10.9 Å². The van der Waals surface area contributed by atoms with Crippen molar-refractivity contribution in [1.29, 1.82) is 0 Å². The van der Waals surface area contributed by atoms with Crippen LogP contribution in [0.1, 0.15) is 48.3 Å².